The molecule has 2 fully saturated rings. The molecule has 2 N–H and O–H groups in total. The van der Waals surface area contributed by atoms with E-state index in [4.69, 9.17) is 5.11 Å². The van der Waals surface area contributed by atoms with Gasteiger partial charge in [0.1, 0.15) is 0 Å². The van der Waals surface area contributed by atoms with Gasteiger partial charge in [-0.1, -0.05) is 25.3 Å². The molecule has 1 aliphatic heterocycles. The molecule has 0 aromatic heterocycles. The topological polar surface area (TPSA) is 86.7 Å². The standard InChI is InChI=1S/C19H34N2O4S/c1-26(24,25)14-6-11-20-19(23)21-12-10-16(7-5-13-22)15-18(21)17-8-3-2-4-9-17/h6,14,16-18,22H,2-5,7-13,15H2,1H3,(H,20,23)/b14-6+/t16-,18+/m0/s1. The van der Waals surface area contributed by atoms with E-state index in [-0.39, 0.29) is 25.2 Å². The minimum atomic E-state index is -3.16. The van der Waals surface area contributed by atoms with E-state index >= 15 is 0 Å². The second kappa shape index (κ2) is 10.3. The Balaban J connectivity index is 1.96. The number of urea groups is 1. The summed E-state index contributed by atoms with van der Waals surface area (Å²) in [7, 11) is -3.16. The van der Waals surface area contributed by atoms with Crippen LogP contribution in [0.2, 0.25) is 0 Å². The van der Waals surface area contributed by atoms with Crippen LogP contribution >= 0.6 is 0 Å². The first kappa shape index (κ1) is 21.2. The molecule has 0 spiro atoms. The van der Waals surface area contributed by atoms with Gasteiger partial charge in [0.15, 0.2) is 9.84 Å². The molecule has 2 aliphatic rings. The van der Waals surface area contributed by atoms with Crippen molar-refractivity contribution in [1.29, 1.82) is 0 Å². The summed E-state index contributed by atoms with van der Waals surface area (Å²) >= 11 is 0. The molecule has 0 aromatic rings. The van der Waals surface area contributed by atoms with Gasteiger partial charge in [-0.3, -0.25) is 0 Å². The average molecular weight is 387 g/mol. The van der Waals surface area contributed by atoms with Crippen LogP contribution < -0.4 is 5.32 Å². The summed E-state index contributed by atoms with van der Waals surface area (Å²) in [4.78, 5) is 14.7. The van der Waals surface area contributed by atoms with Gasteiger partial charge in [0.2, 0.25) is 0 Å². The monoisotopic (exact) mass is 386 g/mol. The third-order valence-electron chi connectivity index (χ3n) is 5.69. The number of carbonyl (C=O) groups is 1. The van der Waals surface area contributed by atoms with Crippen LogP contribution in [-0.2, 0) is 9.84 Å². The van der Waals surface area contributed by atoms with Crippen LogP contribution in [0.1, 0.15) is 57.8 Å². The van der Waals surface area contributed by atoms with E-state index in [0.717, 1.165) is 43.9 Å². The Morgan fingerprint density at radius 3 is 2.62 bits per heavy atom. The van der Waals surface area contributed by atoms with Crippen LogP contribution in [0.5, 0.6) is 0 Å². The zero-order chi connectivity index (χ0) is 19.0. The van der Waals surface area contributed by atoms with Gasteiger partial charge < -0.3 is 15.3 Å². The number of piperidine rings is 1. The normalized spacial score (nSPS) is 25.5. The summed E-state index contributed by atoms with van der Waals surface area (Å²) in [5.74, 6) is 1.15. The maximum Gasteiger partial charge on any atom is 0.317 e. The van der Waals surface area contributed by atoms with Crippen LogP contribution in [0.3, 0.4) is 0 Å². The highest BCUT2D eigenvalue weighted by Gasteiger charge is 2.36. The van der Waals surface area contributed by atoms with Crippen LogP contribution in [0.15, 0.2) is 11.5 Å². The fourth-order valence-corrected chi connectivity index (χ4v) is 4.85. The van der Waals surface area contributed by atoms with Gasteiger partial charge in [-0.15, -0.1) is 0 Å². The van der Waals surface area contributed by atoms with E-state index in [0.29, 0.717) is 11.8 Å². The molecule has 1 saturated heterocycles. The smallest absolute Gasteiger partial charge is 0.317 e. The molecule has 1 saturated carbocycles. The molecule has 0 radical (unpaired) electrons. The molecule has 150 valence electrons. The molecular formula is C19H34N2O4S. The summed E-state index contributed by atoms with van der Waals surface area (Å²) in [6, 6.07) is 0.186. The predicted molar refractivity (Wildman–Crippen MR) is 103 cm³/mol. The van der Waals surface area contributed by atoms with Crippen molar-refractivity contribution in [1.82, 2.24) is 10.2 Å². The maximum absolute atomic E-state index is 12.7. The lowest BCUT2D eigenvalue weighted by molar-refractivity contribution is 0.0747. The molecule has 0 aromatic carbocycles. The van der Waals surface area contributed by atoms with E-state index in [9.17, 15) is 13.2 Å². The van der Waals surface area contributed by atoms with E-state index in [1.807, 2.05) is 4.90 Å². The van der Waals surface area contributed by atoms with Crippen molar-refractivity contribution in [2.24, 2.45) is 11.8 Å². The number of nitrogens with one attached hydrogen (secondary N) is 1. The van der Waals surface area contributed by atoms with Crippen molar-refractivity contribution in [3.05, 3.63) is 11.5 Å². The molecular weight excluding hydrogens is 352 g/mol. The third-order valence-corrected chi connectivity index (χ3v) is 6.38. The lowest BCUT2D eigenvalue weighted by Gasteiger charge is -2.44. The first-order chi connectivity index (χ1) is 12.4. The number of carbonyl (C=O) groups excluding carboxylic acids is 1. The third kappa shape index (κ3) is 6.91. The van der Waals surface area contributed by atoms with Crippen molar-refractivity contribution >= 4 is 15.9 Å². The SMILES string of the molecule is CS(=O)(=O)/C=C/CNC(=O)N1CC[C@H](CCCO)C[C@@H]1C1CCCCC1. The van der Waals surface area contributed by atoms with Gasteiger partial charge in [-0.25, -0.2) is 13.2 Å². The van der Waals surface area contributed by atoms with E-state index in [1.54, 1.807) is 0 Å². The van der Waals surface area contributed by atoms with Crippen molar-refractivity contribution in [2.45, 2.75) is 63.8 Å². The van der Waals surface area contributed by atoms with Gasteiger partial charge >= 0.3 is 6.03 Å². The fraction of sp³-hybridized carbons (Fsp3) is 0.842. The van der Waals surface area contributed by atoms with Crippen LogP contribution in [-0.4, -0.2) is 56.4 Å². The Labute approximate surface area is 157 Å². The average Bonchev–Trinajstić information content (AvgIpc) is 2.63. The molecule has 6 nitrogen and oxygen atoms in total. The minimum Gasteiger partial charge on any atom is -0.396 e. The van der Waals surface area contributed by atoms with Crippen LogP contribution in [0.25, 0.3) is 0 Å². The molecule has 1 heterocycles. The van der Waals surface area contributed by atoms with Crippen LogP contribution in [0.4, 0.5) is 4.79 Å². The number of sulfone groups is 1. The number of hydrogen-bond acceptors (Lipinski definition) is 4. The second-order valence-electron chi connectivity index (χ2n) is 7.80. The highest BCUT2D eigenvalue weighted by atomic mass is 32.2. The molecule has 0 bridgehead atoms. The number of likely N-dealkylation sites (tertiary alicyclic amines) is 1. The highest BCUT2D eigenvalue weighted by molar-refractivity contribution is 7.93. The highest BCUT2D eigenvalue weighted by Crippen LogP contribution is 2.36. The lowest BCUT2D eigenvalue weighted by atomic mass is 9.76. The number of hydrogen-bond donors (Lipinski definition) is 2. The fourth-order valence-electron chi connectivity index (χ4n) is 4.40. The number of nitrogens with zero attached hydrogens (tertiary/aromatic N) is 1. The Morgan fingerprint density at radius 2 is 1.96 bits per heavy atom. The van der Waals surface area contributed by atoms with Gasteiger partial charge in [-0.05, 0) is 50.4 Å². The molecule has 2 atom stereocenters. The van der Waals surface area contributed by atoms with Crippen molar-refractivity contribution in [3.8, 4) is 0 Å². The summed E-state index contributed by atoms with van der Waals surface area (Å²) in [5.41, 5.74) is 0. The maximum atomic E-state index is 12.7. The summed E-state index contributed by atoms with van der Waals surface area (Å²) < 4.78 is 22.3. The van der Waals surface area contributed by atoms with Crippen LogP contribution in [0, 0.1) is 11.8 Å². The number of rotatable bonds is 7. The zero-order valence-corrected chi connectivity index (χ0v) is 16.7. The molecule has 2 rings (SSSR count). The predicted octanol–water partition coefficient (Wildman–Crippen LogP) is 2.69. The van der Waals surface area contributed by atoms with Crippen molar-refractivity contribution in [3.63, 3.8) is 0 Å². The van der Waals surface area contributed by atoms with Gasteiger partial charge in [-0.2, -0.15) is 0 Å². The van der Waals surface area contributed by atoms with Crippen molar-refractivity contribution in [2.75, 3.05) is 26.0 Å². The Kier molecular flexibility index (Phi) is 8.41. The minimum absolute atomic E-state index is 0.0840. The number of aliphatic hydroxyl groups excluding tert-OH is 1. The first-order valence-corrected chi connectivity index (χ1v) is 11.9. The number of aliphatic hydroxyl groups is 1. The Bertz CT molecular complexity index is 570. The van der Waals surface area contributed by atoms with E-state index in [2.05, 4.69) is 5.32 Å². The lowest BCUT2D eigenvalue weighted by Crippen LogP contribution is -2.53. The van der Waals surface area contributed by atoms with Gasteiger partial charge in [0.05, 0.1) is 0 Å². The second-order valence-corrected chi connectivity index (χ2v) is 9.73. The van der Waals surface area contributed by atoms with Gasteiger partial charge in [0.25, 0.3) is 0 Å². The van der Waals surface area contributed by atoms with Crippen molar-refractivity contribution < 1.29 is 18.3 Å². The summed E-state index contributed by atoms with van der Waals surface area (Å²) in [5, 5.41) is 13.1. The quantitative estimate of drug-likeness (QED) is 0.704. The summed E-state index contributed by atoms with van der Waals surface area (Å²) in [6.45, 7) is 1.22. The summed E-state index contributed by atoms with van der Waals surface area (Å²) in [6.07, 6.45) is 12.7. The molecule has 0 unspecified atom stereocenters. The molecule has 26 heavy (non-hydrogen) atoms. The molecule has 2 amide bonds. The van der Waals surface area contributed by atoms with E-state index in [1.165, 1.54) is 38.2 Å². The Morgan fingerprint density at radius 1 is 1.23 bits per heavy atom. The number of amides is 2. The first-order valence-electron chi connectivity index (χ1n) is 9.92. The Hall–Kier alpha value is -1.08. The van der Waals surface area contributed by atoms with E-state index < -0.39 is 9.84 Å². The van der Waals surface area contributed by atoms with Gasteiger partial charge in [0, 0.05) is 37.4 Å². The zero-order valence-electron chi connectivity index (χ0n) is 15.9. The largest absolute Gasteiger partial charge is 0.396 e. The molecule has 7 heteroatoms. The molecule has 1 aliphatic carbocycles.